The smallest absolute Gasteiger partial charge is 0.332 e. The predicted octanol–water partition coefficient (Wildman–Crippen LogP) is 3.83. The van der Waals surface area contributed by atoms with Crippen LogP contribution in [0.4, 0.5) is 4.39 Å². The number of halogens is 1. The number of hydrogen-bond acceptors (Lipinski definition) is 5. The molecule has 1 aromatic heterocycles. The molecule has 0 aliphatic heterocycles. The van der Waals surface area contributed by atoms with E-state index in [1.165, 1.54) is 48.6 Å². The molecule has 0 spiro atoms. The first kappa shape index (κ1) is 20.6. The summed E-state index contributed by atoms with van der Waals surface area (Å²) in [4.78, 5) is 41.8. The SMILES string of the molecule is CC(=O)C1(C(=O)O)C(C)=CC(c2ccc(F)cc2)=C(C(=O)O)C1c1csc(C)n1. The topological polar surface area (TPSA) is 105 Å². The minimum absolute atomic E-state index is 0.192. The Balaban J connectivity index is 2.43. The quantitative estimate of drug-likeness (QED) is 0.719. The van der Waals surface area contributed by atoms with Crippen LogP contribution >= 0.6 is 11.3 Å². The predicted molar refractivity (Wildman–Crippen MR) is 105 cm³/mol. The number of benzene rings is 1. The van der Waals surface area contributed by atoms with Crippen LogP contribution in [-0.4, -0.2) is 32.9 Å². The van der Waals surface area contributed by atoms with Crippen molar-refractivity contribution in [2.24, 2.45) is 5.41 Å². The Kier molecular flexibility index (Phi) is 5.23. The van der Waals surface area contributed by atoms with E-state index >= 15 is 0 Å². The van der Waals surface area contributed by atoms with Crippen molar-refractivity contribution in [2.45, 2.75) is 26.7 Å². The molecule has 0 bridgehead atoms. The summed E-state index contributed by atoms with van der Waals surface area (Å²) < 4.78 is 13.4. The third-order valence-corrected chi connectivity index (χ3v) is 6.00. The van der Waals surface area contributed by atoms with E-state index in [9.17, 15) is 29.0 Å². The first-order valence-electron chi connectivity index (χ1n) is 8.69. The molecule has 1 aliphatic carbocycles. The fraction of sp³-hybridized carbons (Fsp3) is 0.238. The van der Waals surface area contributed by atoms with Crippen LogP contribution in [0.3, 0.4) is 0 Å². The lowest BCUT2D eigenvalue weighted by atomic mass is 9.60. The van der Waals surface area contributed by atoms with Crippen LogP contribution in [-0.2, 0) is 14.4 Å². The highest BCUT2D eigenvalue weighted by molar-refractivity contribution is 7.09. The largest absolute Gasteiger partial charge is 0.480 e. The summed E-state index contributed by atoms with van der Waals surface area (Å²) in [5.74, 6) is -5.31. The summed E-state index contributed by atoms with van der Waals surface area (Å²) in [6.07, 6.45) is 1.39. The molecule has 2 unspecified atom stereocenters. The average Bonchev–Trinajstić information content (AvgIpc) is 3.06. The van der Waals surface area contributed by atoms with Gasteiger partial charge in [0.15, 0.2) is 11.2 Å². The number of nitrogens with zero attached hydrogens (tertiary/aromatic N) is 1. The Morgan fingerprint density at radius 1 is 1.14 bits per heavy atom. The number of allylic oxidation sites excluding steroid dienone is 2. The number of ketones is 1. The molecule has 0 saturated heterocycles. The number of carbonyl (C=O) groups is 3. The van der Waals surface area contributed by atoms with E-state index in [4.69, 9.17) is 0 Å². The number of aliphatic carboxylic acids is 2. The number of carboxylic acids is 2. The van der Waals surface area contributed by atoms with Gasteiger partial charge < -0.3 is 10.2 Å². The summed E-state index contributed by atoms with van der Waals surface area (Å²) in [6.45, 7) is 4.34. The molecule has 0 radical (unpaired) electrons. The van der Waals surface area contributed by atoms with Crippen LogP contribution in [0.5, 0.6) is 0 Å². The number of rotatable bonds is 5. The molecule has 6 nitrogen and oxygen atoms in total. The van der Waals surface area contributed by atoms with Crippen molar-refractivity contribution in [1.82, 2.24) is 4.98 Å². The number of hydrogen-bond donors (Lipinski definition) is 2. The summed E-state index contributed by atoms with van der Waals surface area (Å²) in [7, 11) is 0. The first-order chi connectivity index (χ1) is 13.6. The highest BCUT2D eigenvalue weighted by atomic mass is 32.1. The third-order valence-electron chi connectivity index (χ3n) is 5.21. The van der Waals surface area contributed by atoms with Gasteiger partial charge in [0.1, 0.15) is 5.82 Å². The van der Waals surface area contributed by atoms with Crippen molar-refractivity contribution >= 4 is 34.6 Å². The van der Waals surface area contributed by atoms with E-state index in [0.717, 1.165) is 6.92 Å². The summed E-state index contributed by atoms with van der Waals surface area (Å²) in [5, 5.41) is 22.4. The minimum atomic E-state index is -2.10. The maximum absolute atomic E-state index is 13.4. The zero-order valence-corrected chi connectivity index (χ0v) is 16.7. The summed E-state index contributed by atoms with van der Waals surface area (Å²) >= 11 is 1.24. The van der Waals surface area contributed by atoms with Crippen molar-refractivity contribution in [3.63, 3.8) is 0 Å². The monoisotopic (exact) mass is 415 g/mol. The van der Waals surface area contributed by atoms with Crippen LogP contribution in [0.1, 0.15) is 36.0 Å². The minimum Gasteiger partial charge on any atom is -0.480 e. The zero-order valence-electron chi connectivity index (χ0n) is 15.9. The van der Waals surface area contributed by atoms with Crippen molar-refractivity contribution < 1.29 is 29.0 Å². The number of carbonyl (C=O) groups excluding carboxylic acids is 1. The molecule has 1 aliphatic rings. The highest BCUT2D eigenvalue weighted by Gasteiger charge is 2.58. The standard InChI is InChI=1S/C21H18FNO5S/c1-10-8-15(13-4-6-14(22)7-5-13)17(19(25)26)18(16-9-29-12(3)23-16)21(10,11(2)24)20(27)28/h4-9,18H,1-3H3,(H,25,26)(H,27,28). The zero-order chi connectivity index (χ0) is 21.5. The number of aromatic nitrogens is 1. The molecule has 3 rings (SSSR count). The third kappa shape index (κ3) is 3.19. The second kappa shape index (κ2) is 7.36. The van der Waals surface area contributed by atoms with Gasteiger partial charge in [-0.05, 0) is 49.6 Å². The van der Waals surface area contributed by atoms with E-state index in [0.29, 0.717) is 10.6 Å². The Morgan fingerprint density at radius 3 is 2.21 bits per heavy atom. The molecule has 150 valence electrons. The molecular weight excluding hydrogens is 397 g/mol. The van der Waals surface area contributed by atoms with Crippen LogP contribution < -0.4 is 0 Å². The lowest BCUT2D eigenvalue weighted by molar-refractivity contribution is -0.152. The van der Waals surface area contributed by atoms with Gasteiger partial charge in [0.2, 0.25) is 0 Å². The number of aryl methyl sites for hydroxylation is 1. The van der Waals surface area contributed by atoms with Gasteiger partial charge in [0.25, 0.3) is 0 Å². The van der Waals surface area contributed by atoms with Gasteiger partial charge in [-0.25, -0.2) is 14.2 Å². The molecule has 2 aromatic rings. The van der Waals surface area contributed by atoms with E-state index in [1.54, 1.807) is 12.3 Å². The maximum atomic E-state index is 13.4. The summed E-state index contributed by atoms with van der Waals surface area (Å²) in [5.41, 5.74) is -1.33. The van der Waals surface area contributed by atoms with E-state index in [-0.39, 0.29) is 22.4 Å². The molecule has 29 heavy (non-hydrogen) atoms. The normalized spacial score (nSPS) is 21.7. The lowest BCUT2D eigenvalue weighted by Gasteiger charge is -2.39. The average molecular weight is 415 g/mol. The Labute approximate surface area is 170 Å². The highest BCUT2D eigenvalue weighted by Crippen LogP contribution is 2.53. The molecule has 1 heterocycles. The molecule has 0 fully saturated rings. The van der Waals surface area contributed by atoms with Crippen molar-refractivity contribution in [2.75, 3.05) is 0 Å². The molecule has 8 heteroatoms. The second-order valence-electron chi connectivity index (χ2n) is 6.86. The number of thiazole rings is 1. The van der Waals surface area contributed by atoms with Crippen molar-refractivity contribution in [1.29, 1.82) is 0 Å². The van der Waals surface area contributed by atoms with Gasteiger partial charge in [-0.15, -0.1) is 11.3 Å². The molecule has 0 amide bonds. The van der Waals surface area contributed by atoms with Crippen LogP contribution in [0.2, 0.25) is 0 Å². The molecule has 2 atom stereocenters. The molecule has 1 aromatic carbocycles. The number of carboxylic acid groups (broad SMARTS) is 2. The van der Waals surface area contributed by atoms with Gasteiger partial charge >= 0.3 is 11.9 Å². The maximum Gasteiger partial charge on any atom is 0.332 e. The Hall–Kier alpha value is -3.13. The Bertz CT molecular complexity index is 1070. The van der Waals surface area contributed by atoms with E-state index in [1.807, 2.05) is 0 Å². The van der Waals surface area contributed by atoms with Gasteiger partial charge in [0.05, 0.1) is 22.2 Å². The van der Waals surface area contributed by atoms with Crippen molar-refractivity contribution in [3.8, 4) is 0 Å². The van der Waals surface area contributed by atoms with Gasteiger partial charge in [0, 0.05) is 5.38 Å². The van der Waals surface area contributed by atoms with E-state index in [2.05, 4.69) is 4.98 Å². The van der Waals surface area contributed by atoms with Crippen molar-refractivity contribution in [3.05, 3.63) is 68.9 Å². The van der Waals surface area contributed by atoms with E-state index < -0.39 is 34.9 Å². The summed E-state index contributed by atoms with van der Waals surface area (Å²) in [6, 6.07) is 5.22. The fourth-order valence-corrected chi connectivity index (χ4v) is 4.56. The molecule has 2 N–H and O–H groups in total. The van der Waals surface area contributed by atoms with Crippen LogP contribution in [0.25, 0.3) is 5.57 Å². The molecular formula is C21H18FNO5S. The lowest BCUT2D eigenvalue weighted by Crippen LogP contribution is -2.48. The fourth-order valence-electron chi connectivity index (χ4n) is 3.92. The van der Waals surface area contributed by atoms with Gasteiger partial charge in [-0.2, -0.15) is 0 Å². The van der Waals surface area contributed by atoms with Gasteiger partial charge in [-0.1, -0.05) is 18.2 Å². The second-order valence-corrected chi connectivity index (χ2v) is 7.92. The van der Waals surface area contributed by atoms with Crippen LogP contribution in [0, 0.1) is 18.2 Å². The Morgan fingerprint density at radius 2 is 1.76 bits per heavy atom. The van der Waals surface area contributed by atoms with Gasteiger partial charge in [-0.3, -0.25) is 9.59 Å². The number of Topliss-reactive ketones (excluding diaryl/α,β-unsaturated/α-hetero) is 1. The van der Waals surface area contributed by atoms with Crippen LogP contribution in [0.15, 0.2) is 46.9 Å². The first-order valence-corrected chi connectivity index (χ1v) is 9.57. The molecule has 0 saturated carbocycles.